The van der Waals surface area contributed by atoms with Crippen molar-refractivity contribution in [2.45, 2.75) is 25.7 Å². The number of hydrogen-bond donors (Lipinski definition) is 1. The van der Waals surface area contributed by atoms with Gasteiger partial charge in [0.2, 0.25) is 0 Å². The Morgan fingerprint density at radius 3 is 2.62 bits per heavy atom. The lowest BCUT2D eigenvalue weighted by molar-refractivity contribution is 0.0576. The van der Waals surface area contributed by atoms with Gasteiger partial charge in [0, 0.05) is 0 Å². The van der Waals surface area contributed by atoms with Gasteiger partial charge in [0.1, 0.15) is 0 Å². The molecule has 2 saturated carbocycles. The number of nitrogens with two attached hydrogens (primary N) is 1. The van der Waals surface area contributed by atoms with Crippen LogP contribution in [0.2, 0.25) is 0 Å². The minimum atomic E-state index is 0.485. The van der Waals surface area contributed by atoms with Crippen LogP contribution in [0.3, 0.4) is 0 Å². The second kappa shape index (κ2) is 2.58. The summed E-state index contributed by atoms with van der Waals surface area (Å²) in [7, 11) is 0. The molecule has 0 aromatic carbocycles. The highest BCUT2D eigenvalue weighted by atomic mass is 16.6. The van der Waals surface area contributed by atoms with Crippen molar-refractivity contribution in [1.82, 2.24) is 0 Å². The molecule has 2 N–H and O–H groups in total. The summed E-state index contributed by atoms with van der Waals surface area (Å²) in [4.78, 5) is 4.87. The zero-order chi connectivity index (χ0) is 8.89. The van der Waals surface area contributed by atoms with Crippen LogP contribution in [0.1, 0.15) is 25.7 Å². The van der Waals surface area contributed by atoms with E-state index in [2.05, 4.69) is 12.2 Å². The third-order valence-electron chi connectivity index (χ3n) is 4.33. The lowest BCUT2D eigenvalue weighted by Crippen LogP contribution is -2.26. The molecule has 0 aliphatic heterocycles. The van der Waals surface area contributed by atoms with E-state index in [0.29, 0.717) is 5.41 Å². The molecule has 3 unspecified atom stereocenters. The largest absolute Gasteiger partial charge is 0.304 e. The SMILES string of the molecule is NOCC1(C2CC3C=CC2C3)CC1. The molecule has 3 aliphatic carbocycles. The Balaban J connectivity index is 1.76. The number of rotatable bonds is 3. The average Bonchev–Trinajstić information content (AvgIpc) is 2.62. The van der Waals surface area contributed by atoms with Crippen molar-refractivity contribution < 1.29 is 4.84 Å². The minimum Gasteiger partial charge on any atom is -0.304 e. The normalized spacial score (nSPS) is 44.2. The van der Waals surface area contributed by atoms with Crippen molar-refractivity contribution in [3.05, 3.63) is 12.2 Å². The topological polar surface area (TPSA) is 35.2 Å². The smallest absolute Gasteiger partial charge is 0.0738 e. The third kappa shape index (κ3) is 1.09. The Labute approximate surface area is 79.1 Å². The maximum absolute atomic E-state index is 5.20. The summed E-state index contributed by atoms with van der Waals surface area (Å²) in [5, 5.41) is 0. The molecule has 3 atom stereocenters. The monoisotopic (exact) mass is 179 g/mol. The zero-order valence-electron chi connectivity index (χ0n) is 7.91. The van der Waals surface area contributed by atoms with Gasteiger partial charge in [0.25, 0.3) is 0 Å². The lowest BCUT2D eigenvalue weighted by atomic mass is 9.80. The maximum Gasteiger partial charge on any atom is 0.0738 e. The van der Waals surface area contributed by atoms with Crippen LogP contribution in [0.5, 0.6) is 0 Å². The Kier molecular flexibility index (Phi) is 1.59. The van der Waals surface area contributed by atoms with Gasteiger partial charge in [-0.1, -0.05) is 12.2 Å². The van der Waals surface area contributed by atoms with Gasteiger partial charge in [0.05, 0.1) is 6.61 Å². The van der Waals surface area contributed by atoms with Crippen molar-refractivity contribution in [3.63, 3.8) is 0 Å². The Hall–Kier alpha value is -0.340. The molecule has 0 radical (unpaired) electrons. The molecule has 2 bridgehead atoms. The van der Waals surface area contributed by atoms with Crippen LogP contribution in [0.15, 0.2) is 12.2 Å². The highest BCUT2D eigenvalue weighted by molar-refractivity contribution is 5.16. The molecule has 72 valence electrons. The highest BCUT2D eigenvalue weighted by Crippen LogP contribution is 2.62. The van der Waals surface area contributed by atoms with Gasteiger partial charge < -0.3 is 4.84 Å². The molecule has 0 aromatic rings. The molecule has 0 heterocycles. The molecule has 2 nitrogen and oxygen atoms in total. The molecule has 0 spiro atoms. The van der Waals surface area contributed by atoms with Gasteiger partial charge in [-0.05, 0) is 48.9 Å². The van der Waals surface area contributed by atoms with Gasteiger partial charge in [-0.15, -0.1) is 0 Å². The van der Waals surface area contributed by atoms with E-state index in [1.165, 1.54) is 25.7 Å². The van der Waals surface area contributed by atoms with E-state index in [9.17, 15) is 0 Å². The second-order valence-corrected chi connectivity index (χ2v) is 5.06. The molecule has 2 fully saturated rings. The van der Waals surface area contributed by atoms with E-state index in [1.54, 1.807) is 0 Å². The summed E-state index contributed by atoms with van der Waals surface area (Å²) < 4.78 is 0. The van der Waals surface area contributed by atoms with E-state index in [1.807, 2.05) is 0 Å². The van der Waals surface area contributed by atoms with Crippen molar-refractivity contribution in [1.29, 1.82) is 0 Å². The molecule has 0 saturated heterocycles. The second-order valence-electron chi connectivity index (χ2n) is 5.06. The van der Waals surface area contributed by atoms with Crippen molar-refractivity contribution in [2.75, 3.05) is 6.61 Å². The first-order chi connectivity index (χ1) is 6.34. The summed E-state index contributed by atoms with van der Waals surface area (Å²) in [6.07, 6.45) is 10.3. The fourth-order valence-electron chi connectivity index (χ4n) is 3.43. The number of fused-ring (bicyclic) bond motifs is 2. The summed E-state index contributed by atoms with van der Waals surface area (Å²) >= 11 is 0. The van der Waals surface area contributed by atoms with Crippen LogP contribution in [0, 0.1) is 23.2 Å². The average molecular weight is 179 g/mol. The number of hydrogen-bond acceptors (Lipinski definition) is 2. The zero-order valence-corrected chi connectivity index (χ0v) is 7.91. The molecule has 0 amide bonds. The van der Waals surface area contributed by atoms with Gasteiger partial charge >= 0.3 is 0 Å². The predicted octanol–water partition coefficient (Wildman–Crippen LogP) is 1.87. The van der Waals surface area contributed by atoms with Gasteiger partial charge in [-0.2, -0.15) is 0 Å². The Morgan fingerprint density at radius 1 is 1.31 bits per heavy atom. The van der Waals surface area contributed by atoms with Crippen LogP contribution < -0.4 is 5.90 Å². The van der Waals surface area contributed by atoms with Crippen LogP contribution in [-0.4, -0.2) is 6.61 Å². The van der Waals surface area contributed by atoms with E-state index < -0.39 is 0 Å². The van der Waals surface area contributed by atoms with Crippen molar-refractivity contribution in [2.24, 2.45) is 29.1 Å². The lowest BCUT2D eigenvalue weighted by Gasteiger charge is -2.27. The number of allylic oxidation sites excluding steroid dienone is 2. The standard InChI is InChI=1S/C11H17NO/c12-13-7-11(3-4-11)10-6-8-1-2-9(10)5-8/h1-2,8-10H,3-7,12H2. The predicted molar refractivity (Wildman–Crippen MR) is 50.7 cm³/mol. The van der Waals surface area contributed by atoms with E-state index in [0.717, 1.165) is 24.4 Å². The molecule has 13 heavy (non-hydrogen) atoms. The van der Waals surface area contributed by atoms with Crippen LogP contribution >= 0.6 is 0 Å². The summed E-state index contributed by atoms with van der Waals surface area (Å²) in [6.45, 7) is 0.786. The summed E-state index contributed by atoms with van der Waals surface area (Å²) in [5.41, 5.74) is 0.485. The third-order valence-corrected chi connectivity index (χ3v) is 4.33. The molecular formula is C11H17NO. The highest BCUT2D eigenvalue weighted by Gasteiger charge is 2.55. The van der Waals surface area contributed by atoms with Gasteiger partial charge in [0.15, 0.2) is 0 Å². The molecule has 3 rings (SSSR count). The molecule has 3 aliphatic rings. The van der Waals surface area contributed by atoms with E-state index in [-0.39, 0.29) is 0 Å². The summed E-state index contributed by atoms with van der Waals surface area (Å²) in [5.74, 6) is 7.81. The minimum absolute atomic E-state index is 0.485. The van der Waals surface area contributed by atoms with Gasteiger partial charge in [-0.3, -0.25) is 0 Å². The maximum atomic E-state index is 5.20. The molecule has 0 aromatic heterocycles. The van der Waals surface area contributed by atoms with Gasteiger partial charge in [-0.25, -0.2) is 5.90 Å². The van der Waals surface area contributed by atoms with Crippen LogP contribution in [0.25, 0.3) is 0 Å². The molecule has 2 heteroatoms. The summed E-state index contributed by atoms with van der Waals surface area (Å²) in [6, 6.07) is 0. The first-order valence-electron chi connectivity index (χ1n) is 5.34. The molecular weight excluding hydrogens is 162 g/mol. The first-order valence-corrected chi connectivity index (χ1v) is 5.34. The first kappa shape index (κ1) is 8.01. The van der Waals surface area contributed by atoms with Crippen LogP contribution in [-0.2, 0) is 4.84 Å². The van der Waals surface area contributed by atoms with Crippen molar-refractivity contribution >= 4 is 0 Å². The van der Waals surface area contributed by atoms with E-state index >= 15 is 0 Å². The van der Waals surface area contributed by atoms with E-state index in [4.69, 9.17) is 10.7 Å². The quantitative estimate of drug-likeness (QED) is 0.530. The fraction of sp³-hybridized carbons (Fsp3) is 0.818. The van der Waals surface area contributed by atoms with Crippen molar-refractivity contribution in [3.8, 4) is 0 Å². The Morgan fingerprint density at radius 2 is 2.15 bits per heavy atom. The Bertz CT molecular complexity index is 244. The fourth-order valence-corrected chi connectivity index (χ4v) is 3.43. The van der Waals surface area contributed by atoms with Crippen LogP contribution in [0.4, 0.5) is 0 Å².